The zero-order chi connectivity index (χ0) is 13.0. The lowest BCUT2D eigenvalue weighted by Crippen LogP contribution is -2.51. The lowest BCUT2D eigenvalue weighted by atomic mass is 10.2. The molecule has 1 aliphatic heterocycles. The second kappa shape index (κ2) is 6.57. The van der Waals surface area contributed by atoms with Crippen LogP contribution in [0.15, 0.2) is 12.3 Å². The molecule has 0 bridgehead atoms. The summed E-state index contributed by atoms with van der Waals surface area (Å²) in [7, 11) is 0. The number of aromatic nitrogens is 1. The van der Waals surface area contributed by atoms with E-state index in [0.717, 1.165) is 25.5 Å². The van der Waals surface area contributed by atoms with Gasteiger partial charge in [0.15, 0.2) is 0 Å². The lowest BCUT2D eigenvalue weighted by molar-refractivity contribution is 0.0935. The third-order valence-corrected chi connectivity index (χ3v) is 3.40. The summed E-state index contributed by atoms with van der Waals surface area (Å²) in [6.45, 7) is 6.06. The Kier molecular flexibility index (Phi) is 5.06. The highest BCUT2D eigenvalue weighted by atomic mass is 35.5. The maximum Gasteiger partial charge on any atom is 0.147 e. The molecule has 1 saturated heterocycles. The van der Waals surface area contributed by atoms with E-state index in [1.165, 1.54) is 0 Å². The molecule has 1 atom stereocenters. The Balaban J connectivity index is 2.16. The van der Waals surface area contributed by atoms with Gasteiger partial charge in [-0.05, 0) is 12.6 Å². The molecule has 1 N–H and O–H groups in total. The molecule has 1 aromatic rings. The summed E-state index contributed by atoms with van der Waals surface area (Å²) in [6, 6.07) is 1.98. The average molecular weight is 290 g/mol. The van der Waals surface area contributed by atoms with Crippen molar-refractivity contribution >= 4 is 29.0 Å². The zero-order valence-corrected chi connectivity index (χ0v) is 11.8. The Morgan fingerprint density at radius 2 is 2.39 bits per heavy atom. The van der Waals surface area contributed by atoms with Crippen LogP contribution in [0.25, 0.3) is 0 Å². The average Bonchev–Trinajstić information content (AvgIpc) is 2.37. The van der Waals surface area contributed by atoms with Crippen molar-refractivity contribution in [1.29, 1.82) is 0 Å². The van der Waals surface area contributed by atoms with Gasteiger partial charge in [-0.3, -0.25) is 0 Å². The minimum atomic E-state index is 0.255. The Morgan fingerprint density at radius 3 is 3.11 bits per heavy atom. The second-order valence-electron chi connectivity index (χ2n) is 4.19. The van der Waals surface area contributed by atoms with E-state index in [1.807, 2.05) is 0 Å². The summed E-state index contributed by atoms with van der Waals surface area (Å²) in [4.78, 5) is 6.52. The molecule has 2 heterocycles. The molecule has 1 aliphatic rings. The number of morpholine rings is 1. The smallest absolute Gasteiger partial charge is 0.147 e. The van der Waals surface area contributed by atoms with E-state index in [4.69, 9.17) is 27.9 Å². The van der Waals surface area contributed by atoms with Crippen LogP contribution in [0.4, 0.5) is 5.82 Å². The number of likely N-dealkylation sites (N-methyl/N-ethyl adjacent to an activating group) is 1. The third kappa shape index (κ3) is 3.26. The molecule has 2 rings (SSSR count). The molecule has 0 aliphatic carbocycles. The molecule has 18 heavy (non-hydrogen) atoms. The van der Waals surface area contributed by atoms with Crippen LogP contribution >= 0.6 is 23.2 Å². The minimum Gasteiger partial charge on any atom is -0.377 e. The topological polar surface area (TPSA) is 37.4 Å². The van der Waals surface area contributed by atoms with Gasteiger partial charge in [-0.2, -0.15) is 0 Å². The minimum absolute atomic E-state index is 0.255. The molecule has 100 valence electrons. The lowest BCUT2D eigenvalue weighted by Gasteiger charge is -2.37. The van der Waals surface area contributed by atoms with Gasteiger partial charge in [0.1, 0.15) is 5.82 Å². The maximum atomic E-state index is 6.21. The second-order valence-corrected chi connectivity index (χ2v) is 5.03. The molecule has 6 heteroatoms. The first-order chi connectivity index (χ1) is 8.72. The molecule has 1 aromatic heterocycles. The van der Waals surface area contributed by atoms with Crippen LogP contribution in [0.1, 0.15) is 6.92 Å². The number of nitrogens with one attached hydrogen (secondary N) is 1. The molecule has 1 fully saturated rings. The Labute approximate surface area is 117 Å². The Hall–Kier alpha value is -0.550. The van der Waals surface area contributed by atoms with Gasteiger partial charge < -0.3 is 15.0 Å². The van der Waals surface area contributed by atoms with Gasteiger partial charge in [-0.25, -0.2) is 4.98 Å². The van der Waals surface area contributed by atoms with E-state index < -0.39 is 0 Å². The summed E-state index contributed by atoms with van der Waals surface area (Å²) in [5, 5.41) is 4.47. The molecular formula is C12H17Cl2N3O. The number of pyridine rings is 1. The Morgan fingerprint density at radius 1 is 1.56 bits per heavy atom. The van der Waals surface area contributed by atoms with E-state index in [0.29, 0.717) is 23.3 Å². The standard InChI is InChI=1S/C12H17Cl2N3O/c1-2-15-7-10-8-18-4-3-17(10)12-11(14)5-9(13)6-16-12/h5-6,10,15H,2-4,7-8H2,1H3. The van der Waals surface area contributed by atoms with Crippen LogP contribution in [0, 0.1) is 0 Å². The van der Waals surface area contributed by atoms with E-state index in [9.17, 15) is 0 Å². The van der Waals surface area contributed by atoms with E-state index >= 15 is 0 Å². The fourth-order valence-electron chi connectivity index (χ4n) is 2.03. The predicted molar refractivity (Wildman–Crippen MR) is 74.8 cm³/mol. The first-order valence-electron chi connectivity index (χ1n) is 6.08. The van der Waals surface area contributed by atoms with Crippen molar-refractivity contribution in [2.24, 2.45) is 0 Å². The SMILES string of the molecule is CCNCC1COCCN1c1ncc(Cl)cc1Cl. The van der Waals surface area contributed by atoms with Crippen molar-refractivity contribution in [2.75, 3.05) is 37.7 Å². The molecule has 0 spiro atoms. The van der Waals surface area contributed by atoms with Gasteiger partial charge >= 0.3 is 0 Å². The van der Waals surface area contributed by atoms with Crippen molar-refractivity contribution in [1.82, 2.24) is 10.3 Å². The molecule has 0 radical (unpaired) electrons. The van der Waals surface area contributed by atoms with Gasteiger partial charge in [-0.15, -0.1) is 0 Å². The first-order valence-corrected chi connectivity index (χ1v) is 6.84. The fourth-order valence-corrected chi connectivity index (χ4v) is 2.52. The molecule has 0 aromatic carbocycles. The van der Waals surface area contributed by atoms with Crippen LogP contribution in [0.2, 0.25) is 10.0 Å². The zero-order valence-electron chi connectivity index (χ0n) is 10.3. The van der Waals surface area contributed by atoms with Crippen molar-refractivity contribution in [3.05, 3.63) is 22.3 Å². The summed E-state index contributed by atoms with van der Waals surface area (Å²) in [5.41, 5.74) is 0. The summed E-state index contributed by atoms with van der Waals surface area (Å²) >= 11 is 12.1. The molecule has 0 amide bonds. The van der Waals surface area contributed by atoms with Crippen molar-refractivity contribution in [3.8, 4) is 0 Å². The van der Waals surface area contributed by atoms with Gasteiger partial charge in [0.25, 0.3) is 0 Å². The molecule has 0 saturated carbocycles. The van der Waals surface area contributed by atoms with E-state index in [1.54, 1.807) is 12.3 Å². The Bertz CT molecular complexity index is 403. The van der Waals surface area contributed by atoms with Crippen molar-refractivity contribution < 1.29 is 4.74 Å². The number of rotatable bonds is 4. The highest BCUT2D eigenvalue weighted by molar-refractivity contribution is 6.36. The maximum absolute atomic E-state index is 6.21. The van der Waals surface area contributed by atoms with Crippen LogP contribution in [0.5, 0.6) is 0 Å². The predicted octanol–water partition coefficient (Wildman–Crippen LogP) is 2.20. The number of ether oxygens (including phenoxy) is 1. The molecule has 1 unspecified atom stereocenters. The number of halogens is 2. The van der Waals surface area contributed by atoms with E-state index in [2.05, 4.69) is 22.1 Å². The summed E-state index contributed by atoms with van der Waals surface area (Å²) < 4.78 is 5.52. The van der Waals surface area contributed by atoms with Crippen LogP contribution in [-0.4, -0.2) is 43.9 Å². The van der Waals surface area contributed by atoms with E-state index in [-0.39, 0.29) is 6.04 Å². The summed E-state index contributed by atoms with van der Waals surface area (Å²) in [5.74, 6) is 0.785. The largest absolute Gasteiger partial charge is 0.377 e. The summed E-state index contributed by atoms with van der Waals surface area (Å²) in [6.07, 6.45) is 1.63. The van der Waals surface area contributed by atoms with Crippen molar-refractivity contribution in [2.45, 2.75) is 13.0 Å². The fraction of sp³-hybridized carbons (Fsp3) is 0.583. The highest BCUT2D eigenvalue weighted by Crippen LogP contribution is 2.28. The molecular weight excluding hydrogens is 273 g/mol. The van der Waals surface area contributed by atoms with Gasteiger partial charge in [-0.1, -0.05) is 30.1 Å². The van der Waals surface area contributed by atoms with Crippen LogP contribution < -0.4 is 10.2 Å². The number of nitrogens with zero attached hydrogens (tertiary/aromatic N) is 2. The molecule has 4 nitrogen and oxygen atoms in total. The van der Waals surface area contributed by atoms with Crippen LogP contribution in [-0.2, 0) is 4.74 Å². The number of hydrogen-bond donors (Lipinski definition) is 1. The van der Waals surface area contributed by atoms with Gasteiger partial charge in [0, 0.05) is 19.3 Å². The number of hydrogen-bond acceptors (Lipinski definition) is 4. The highest BCUT2D eigenvalue weighted by Gasteiger charge is 2.25. The third-order valence-electron chi connectivity index (χ3n) is 2.92. The first kappa shape index (κ1) is 13.9. The van der Waals surface area contributed by atoms with Gasteiger partial charge in [0.2, 0.25) is 0 Å². The van der Waals surface area contributed by atoms with Crippen LogP contribution in [0.3, 0.4) is 0 Å². The van der Waals surface area contributed by atoms with Gasteiger partial charge in [0.05, 0.1) is 29.3 Å². The normalized spacial score (nSPS) is 20.2. The quantitative estimate of drug-likeness (QED) is 0.922. The number of anilines is 1. The van der Waals surface area contributed by atoms with Crippen molar-refractivity contribution in [3.63, 3.8) is 0 Å². The monoisotopic (exact) mass is 289 g/mol.